The quantitative estimate of drug-likeness (QED) is 0.791. The van der Waals surface area contributed by atoms with Crippen molar-refractivity contribution in [2.24, 2.45) is 5.92 Å². The molecule has 0 radical (unpaired) electrons. The molecular formula is C15H19NO4. The van der Waals surface area contributed by atoms with Gasteiger partial charge in [0.15, 0.2) is 0 Å². The van der Waals surface area contributed by atoms with Crippen LogP contribution < -0.4 is 4.90 Å². The van der Waals surface area contributed by atoms with E-state index >= 15 is 0 Å². The van der Waals surface area contributed by atoms with Crippen LogP contribution in [-0.2, 0) is 14.3 Å². The van der Waals surface area contributed by atoms with Gasteiger partial charge in [0.2, 0.25) is 5.91 Å². The van der Waals surface area contributed by atoms with Gasteiger partial charge in [-0.2, -0.15) is 0 Å². The third-order valence-electron chi connectivity index (χ3n) is 3.57. The lowest BCUT2D eigenvalue weighted by Gasteiger charge is -2.27. The lowest BCUT2D eigenvalue weighted by Crippen LogP contribution is -2.36. The maximum absolute atomic E-state index is 12.5. The topological polar surface area (TPSA) is 55.8 Å². The molecule has 1 aromatic rings. The summed E-state index contributed by atoms with van der Waals surface area (Å²) in [5.41, 5.74) is 0.980. The van der Waals surface area contributed by atoms with Crippen LogP contribution in [0.2, 0.25) is 0 Å². The van der Waals surface area contributed by atoms with Crippen LogP contribution in [0.15, 0.2) is 24.3 Å². The molecule has 20 heavy (non-hydrogen) atoms. The lowest BCUT2D eigenvalue weighted by atomic mass is 9.98. The van der Waals surface area contributed by atoms with Crippen LogP contribution in [0.1, 0.15) is 23.2 Å². The van der Waals surface area contributed by atoms with E-state index in [0.717, 1.165) is 12.8 Å². The van der Waals surface area contributed by atoms with Crippen LogP contribution in [0.25, 0.3) is 0 Å². The Bertz CT molecular complexity index is 494. The Kier molecular flexibility index (Phi) is 4.74. The Morgan fingerprint density at radius 3 is 2.55 bits per heavy atom. The molecule has 0 atom stereocenters. The average Bonchev–Trinajstić information content (AvgIpc) is 2.53. The van der Waals surface area contributed by atoms with E-state index in [0.29, 0.717) is 24.5 Å². The number of carbonyl (C=O) groups is 2. The molecule has 1 amide bonds. The van der Waals surface area contributed by atoms with Crippen molar-refractivity contribution < 1.29 is 19.1 Å². The SMILES string of the molecule is COC(=O)c1ccccc1N(C)C(=O)C1CCOCC1. The van der Waals surface area contributed by atoms with Crippen molar-refractivity contribution in [1.82, 2.24) is 0 Å². The standard InChI is InChI=1S/C15H19NO4/c1-16(14(17)11-7-9-20-10-8-11)13-6-4-3-5-12(13)15(18)19-2/h3-6,11H,7-10H2,1-2H3. The van der Waals surface area contributed by atoms with E-state index in [1.807, 2.05) is 0 Å². The van der Waals surface area contributed by atoms with Gasteiger partial charge < -0.3 is 14.4 Å². The van der Waals surface area contributed by atoms with E-state index in [1.54, 1.807) is 36.2 Å². The molecule has 0 aromatic heterocycles. The molecule has 1 fully saturated rings. The van der Waals surface area contributed by atoms with E-state index in [4.69, 9.17) is 9.47 Å². The zero-order valence-corrected chi connectivity index (χ0v) is 11.8. The molecule has 108 valence electrons. The number of amides is 1. The molecule has 0 saturated carbocycles. The third-order valence-corrected chi connectivity index (χ3v) is 3.57. The summed E-state index contributed by atoms with van der Waals surface area (Å²) in [6.07, 6.45) is 1.45. The Balaban J connectivity index is 2.21. The van der Waals surface area contributed by atoms with E-state index < -0.39 is 5.97 Å². The zero-order chi connectivity index (χ0) is 14.5. The number of nitrogens with zero attached hydrogens (tertiary/aromatic N) is 1. The fraction of sp³-hybridized carbons (Fsp3) is 0.467. The van der Waals surface area contributed by atoms with Crippen molar-refractivity contribution in [2.75, 3.05) is 32.3 Å². The smallest absolute Gasteiger partial charge is 0.339 e. The molecule has 5 heteroatoms. The molecule has 1 aliphatic rings. The van der Waals surface area contributed by atoms with Crippen LogP contribution in [0, 0.1) is 5.92 Å². The first kappa shape index (κ1) is 14.5. The predicted octanol–water partition coefficient (Wildman–Crippen LogP) is 1.86. The van der Waals surface area contributed by atoms with E-state index in [1.165, 1.54) is 7.11 Å². The van der Waals surface area contributed by atoms with Gasteiger partial charge in [0.25, 0.3) is 0 Å². The highest BCUT2D eigenvalue weighted by atomic mass is 16.5. The summed E-state index contributed by atoms with van der Waals surface area (Å²) in [6.45, 7) is 1.23. The van der Waals surface area contributed by atoms with E-state index in [2.05, 4.69) is 0 Å². The van der Waals surface area contributed by atoms with Crippen LogP contribution >= 0.6 is 0 Å². The summed E-state index contributed by atoms with van der Waals surface area (Å²) >= 11 is 0. The minimum absolute atomic E-state index is 0.0182. The van der Waals surface area contributed by atoms with Gasteiger partial charge in [-0.05, 0) is 25.0 Å². The maximum atomic E-state index is 12.5. The first-order valence-corrected chi connectivity index (χ1v) is 6.67. The Morgan fingerprint density at radius 1 is 1.25 bits per heavy atom. The monoisotopic (exact) mass is 277 g/mol. The molecule has 1 aliphatic heterocycles. The molecule has 2 rings (SSSR count). The van der Waals surface area contributed by atoms with Gasteiger partial charge in [0, 0.05) is 26.2 Å². The van der Waals surface area contributed by atoms with Crippen LogP contribution in [0.3, 0.4) is 0 Å². The number of hydrogen-bond acceptors (Lipinski definition) is 4. The minimum atomic E-state index is -0.438. The largest absolute Gasteiger partial charge is 0.465 e. The van der Waals surface area contributed by atoms with Gasteiger partial charge in [-0.1, -0.05) is 12.1 Å². The summed E-state index contributed by atoms with van der Waals surface area (Å²) in [7, 11) is 3.03. The van der Waals surface area contributed by atoms with Gasteiger partial charge in [-0.3, -0.25) is 4.79 Å². The van der Waals surface area contributed by atoms with Crippen LogP contribution in [0.5, 0.6) is 0 Å². The fourth-order valence-electron chi connectivity index (χ4n) is 2.39. The van der Waals surface area contributed by atoms with Crippen molar-refractivity contribution in [3.63, 3.8) is 0 Å². The van der Waals surface area contributed by atoms with Gasteiger partial charge in [0.05, 0.1) is 18.4 Å². The Hall–Kier alpha value is -1.88. The first-order chi connectivity index (χ1) is 9.65. The van der Waals surface area contributed by atoms with Gasteiger partial charge in [-0.25, -0.2) is 4.79 Å². The minimum Gasteiger partial charge on any atom is -0.465 e. The van der Waals surface area contributed by atoms with Crippen molar-refractivity contribution in [3.05, 3.63) is 29.8 Å². The fourth-order valence-corrected chi connectivity index (χ4v) is 2.39. The Morgan fingerprint density at radius 2 is 1.90 bits per heavy atom. The van der Waals surface area contributed by atoms with E-state index in [-0.39, 0.29) is 11.8 Å². The highest BCUT2D eigenvalue weighted by Crippen LogP contribution is 2.24. The van der Waals surface area contributed by atoms with Crippen LogP contribution in [0.4, 0.5) is 5.69 Å². The molecule has 0 N–H and O–H groups in total. The number of hydrogen-bond donors (Lipinski definition) is 0. The van der Waals surface area contributed by atoms with Crippen molar-refractivity contribution >= 4 is 17.6 Å². The molecule has 5 nitrogen and oxygen atoms in total. The number of ether oxygens (including phenoxy) is 2. The number of rotatable bonds is 3. The van der Waals surface area contributed by atoms with E-state index in [9.17, 15) is 9.59 Å². The summed E-state index contributed by atoms with van der Waals surface area (Å²) in [6, 6.07) is 6.97. The number of methoxy groups -OCH3 is 1. The average molecular weight is 277 g/mol. The highest BCUT2D eigenvalue weighted by Gasteiger charge is 2.27. The second kappa shape index (κ2) is 6.52. The summed E-state index contributed by atoms with van der Waals surface area (Å²) in [5, 5.41) is 0. The molecule has 0 aliphatic carbocycles. The first-order valence-electron chi connectivity index (χ1n) is 6.67. The summed E-state index contributed by atoms with van der Waals surface area (Å²) in [4.78, 5) is 25.8. The van der Waals surface area contributed by atoms with Crippen molar-refractivity contribution in [1.29, 1.82) is 0 Å². The predicted molar refractivity (Wildman–Crippen MR) is 74.7 cm³/mol. The molecule has 1 heterocycles. The number of para-hydroxylation sites is 1. The second-order valence-electron chi connectivity index (χ2n) is 4.79. The molecule has 0 bridgehead atoms. The summed E-state index contributed by atoms with van der Waals surface area (Å²) in [5.74, 6) is -0.462. The molecular weight excluding hydrogens is 258 g/mol. The number of esters is 1. The maximum Gasteiger partial charge on any atom is 0.339 e. The third kappa shape index (κ3) is 2.99. The Labute approximate surface area is 118 Å². The van der Waals surface area contributed by atoms with Crippen molar-refractivity contribution in [3.8, 4) is 0 Å². The molecule has 0 unspecified atom stereocenters. The second-order valence-corrected chi connectivity index (χ2v) is 4.79. The number of carbonyl (C=O) groups excluding carboxylic acids is 2. The van der Waals surface area contributed by atoms with Crippen LogP contribution in [-0.4, -0.2) is 39.2 Å². The summed E-state index contributed by atoms with van der Waals surface area (Å²) < 4.78 is 10.0. The molecule has 0 spiro atoms. The highest BCUT2D eigenvalue weighted by molar-refractivity contribution is 6.02. The zero-order valence-electron chi connectivity index (χ0n) is 11.8. The van der Waals surface area contributed by atoms with Crippen molar-refractivity contribution in [2.45, 2.75) is 12.8 Å². The molecule has 1 aromatic carbocycles. The lowest BCUT2D eigenvalue weighted by molar-refractivity contribution is -0.124. The van der Waals surface area contributed by atoms with Gasteiger partial charge in [-0.15, -0.1) is 0 Å². The number of benzene rings is 1. The number of anilines is 1. The van der Waals surface area contributed by atoms with Gasteiger partial charge >= 0.3 is 5.97 Å². The molecule has 1 saturated heterocycles. The normalized spacial score (nSPS) is 15.7. The van der Waals surface area contributed by atoms with Gasteiger partial charge in [0.1, 0.15) is 0 Å².